The predicted octanol–water partition coefficient (Wildman–Crippen LogP) is 3.49. The average Bonchev–Trinajstić information content (AvgIpc) is 2.56. The van der Waals surface area contributed by atoms with Gasteiger partial charge in [-0.15, -0.1) is 0 Å². The van der Waals surface area contributed by atoms with Gasteiger partial charge in [-0.05, 0) is 12.1 Å². The van der Waals surface area contributed by atoms with Crippen LogP contribution in [0.5, 0.6) is 11.5 Å². The number of alkyl halides is 6. The molecule has 0 saturated heterocycles. The number of carbonyl (C=O) groups excluding carboxylic acids is 1. The van der Waals surface area contributed by atoms with E-state index in [1.54, 1.807) is 0 Å². The van der Waals surface area contributed by atoms with Crippen molar-refractivity contribution in [1.82, 2.24) is 0 Å². The lowest BCUT2D eigenvalue weighted by atomic mass is 10.2. The largest absolute Gasteiger partial charge is 0.465 e. The first-order valence-electron chi connectivity index (χ1n) is 6.96. The molecule has 0 N–H and O–H groups in total. The van der Waals surface area contributed by atoms with E-state index < -0.39 is 64.6 Å². The lowest BCUT2D eigenvalue weighted by molar-refractivity contribution is 0.0598. The Morgan fingerprint density at radius 1 is 0.867 bits per heavy atom. The van der Waals surface area contributed by atoms with Crippen LogP contribution < -0.4 is 8.37 Å². The molecule has 0 aliphatic heterocycles. The van der Waals surface area contributed by atoms with E-state index in [2.05, 4.69) is 21.5 Å². The lowest BCUT2D eigenvalue weighted by Gasteiger charge is -2.14. The Balaban J connectivity index is 3.16. The molecule has 172 valence electrons. The first-order valence-corrected chi connectivity index (χ1v) is 11.9. The molecule has 0 radical (unpaired) electrons. The fourth-order valence-electron chi connectivity index (χ4n) is 1.46. The number of ether oxygens (including phenoxy) is 1. The highest BCUT2D eigenvalue weighted by molar-refractivity contribution is 7.82. The summed E-state index contributed by atoms with van der Waals surface area (Å²) in [6.45, 7) is -1.81. The number of benzene rings is 1. The van der Waals surface area contributed by atoms with Crippen LogP contribution in [0.2, 0.25) is 0 Å². The Morgan fingerprint density at radius 2 is 1.33 bits per heavy atom. The fourth-order valence-corrected chi connectivity index (χ4v) is 3.61. The highest BCUT2D eigenvalue weighted by Gasteiger charge is 2.29. The number of esters is 1. The van der Waals surface area contributed by atoms with Crippen molar-refractivity contribution in [3.05, 3.63) is 23.8 Å². The number of hydrogen-bond acceptors (Lipinski definition) is 10. The molecule has 0 saturated carbocycles. The second-order valence-corrected chi connectivity index (χ2v) is 12.4. The molecule has 30 heavy (non-hydrogen) atoms. The third-order valence-corrected chi connectivity index (χ3v) is 4.73. The van der Waals surface area contributed by atoms with Crippen molar-refractivity contribution in [1.29, 1.82) is 0 Å². The molecule has 0 unspecified atom stereocenters. The third-order valence-electron chi connectivity index (χ3n) is 2.48. The van der Waals surface area contributed by atoms with Crippen LogP contribution in [-0.2, 0) is 33.9 Å². The molecule has 0 spiro atoms. The van der Waals surface area contributed by atoms with Crippen LogP contribution in [0.4, 0.5) is 0 Å². The van der Waals surface area contributed by atoms with Crippen LogP contribution in [0.15, 0.2) is 18.2 Å². The van der Waals surface area contributed by atoms with Crippen LogP contribution >= 0.6 is 69.6 Å². The van der Waals surface area contributed by atoms with E-state index in [1.165, 1.54) is 0 Å². The maximum atomic E-state index is 11.9. The molecular weight excluding hydrogens is 581 g/mol. The minimum atomic E-state index is -4.87. The lowest BCUT2D eigenvalue weighted by Crippen LogP contribution is -2.22. The monoisotopic (exact) mass is 588 g/mol. The van der Waals surface area contributed by atoms with E-state index in [1.807, 2.05) is 0 Å². The molecule has 0 amide bonds. The molecule has 1 aromatic rings. The summed E-state index contributed by atoms with van der Waals surface area (Å²) in [5.74, 6) is -2.32. The topological polar surface area (TPSA) is 132 Å². The smallest absolute Gasteiger partial charge is 0.449 e. The minimum absolute atomic E-state index is 0.439. The van der Waals surface area contributed by atoms with Gasteiger partial charge < -0.3 is 13.1 Å². The summed E-state index contributed by atoms with van der Waals surface area (Å²) in [6.07, 6.45) is 0. The maximum Gasteiger partial charge on any atom is 0.449 e. The molecule has 1 aromatic carbocycles. The second-order valence-electron chi connectivity index (χ2n) is 4.89. The zero-order valence-corrected chi connectivity index (χ0v) is 20.5. The van der Waals surface area contributed by atoms with Crippen LogP contribution in [0.25, 0.3) is 0 Å². The van der Waals surface area contributed by atoms with Gasteiger partial charge in [-0.25, -0.2) is 13.2 Å². The van der Waals surface area contributed by atoms with Crippen LogP contribution in [0, 0.1) is 0 Å². The van der Waals surface area contributed by atoms with Gasteiger partial charge in [-0.1, -0.05) is 69.6 Å². The third kappa shape index (κ3) is 10.9. The summed E-state index contributed by atoms with van der Waals surface area (Å²) in [5.41, 5.74) is -0.439. The van der Waals surface area contributed by atoms with Crippen molar-refractivity contribution in [2.24, 2.45) is 0 Å². The summed E-state index contributed by atoms with van der Waals surface area (Å²) in [4.78, 5) is 11.8. The van der Waals surface area contributed by atoms with Gasteiger partial charge in [0.25, 0.3) is 0 Å². The van der Waals surface area contributed by atoms with Gasteiger partial charge in [0, 0.05) is 6.07 Å². The van der Waals surface area contributed by atoms with Crippen molar-refractivity contribution in [3.63, 3.8) is 0 Å². The molecular formula is C12H10Cl6O10S2. The Morgan fingerprint density at radius 3 is 1.77 bits per heavy atom. The molecule has 0 heterocycles. The first kappa shape index (κ1) is 27.9. The van der Waals surface area contributed by atoms with Gasteiger partial charge in [-0.3, -0.25) is 0 Å². The first-order chi connectivity index (χ1) is 13.4. The molecule has 0 aliphatic carbocycles. The molecule has 0 aliphatic rings. The van der Waals surface area contributed by atoms with Gasteiger partial charge in [0.2, 0.25) is 7.59 Å². The van der Waals surface area contributed by atoms with E-state index in [-0.39, 0.29) is 0 Å². The van der Waals surface area contributed by atoms with E-state index in [0.29, 0.717) is 6.07 Å². The number of carbonyl (C=O) groups is 1. The Labute approximate surface area is 201 Å². The molecule has 10 nitrogen and oxygen atoms in total. The Kier molecular flexibility index (Phi) is 9.89. The van der Waals surface area contributed by atoms with Gasteiger partial charge in [0.15, 0.2) is 5.75 Å². The SMILES string of the molecule is COC(=O)c1ccc(OS(=O)(=O)OCC(Cl)(Cl)Cl)cc1OS(=O)(=O)OCC(Cl)(Cl)Cl. The van der Waals surface area contributed by atoms with Crippen molar-refractivity contribution in [2.45, 2.75) is 7.59 Å². The normalized spacial score (nSPS) is 13.0. The van der Waals surface area contributed by atoms with Gasteiger partial charge >= 0.3 is 26.8 Å². The number of hydrogen-bond donors (Lipinski definition) is 0. The van der Waals surface area contributed by atoms with Gasteiger partial charge in [0.05, 0.1) is 7.11 Å². The molecule has 1 rings (SSSR count). The van der Waals surface area contributed by atoms with Gasteiger partial charge in [-0.2, -0.15) is 16.8 Å². The molecule has 0 fully saturated rings. The molecule has 0 bridgehead atoms. The standard InChI is InChI=1S/C12H10Cl6O10S2/c1-24-10(19)8-3-2-7(27-29(20,21)25-5-11(13,14)15)4-9(8)28-30(22,23)26-6-12(16,17)18/h2-4H,5-6H2,1H3. The Hall–Kier alpha value is -0.150. The van der Waals surface area contributed by atoms with Crippen LogP contribution in [-0.4, -0.2) is 50.7 Å². The quantitative estimate of drug-likeness (QED) is 0.311. The minimum Gasteiger partial charge on any atom is -0.465 e. The highest BCUT2D eigenvalue weighted by Crippen LogP contribution is 2.31. The van der Waals surface area contributed by atoms with E-state index in [9.17, 15) is 21.6 Å². The highest BCUT2D eigenvalue weighted by atomic mass is 35.6. The summed E-state index contributed by atoms with van der Waals surface area (Å²) < 4.78 is 65.6. The number of rotatable bonds is 9. The van der Waals surface area contributed by atoms with Crippen LogP contribution in [0.3, 0.4) is 0 Å². The molecule has 18 heteroatoms. The van der Waals surface area contributed by atoms with Crippen LogP contribution in [0.1, 0.15) is 10.4 Å². The zero-order chi connectivity index (χ0) is 23.4. The van der Waals surface area contributed by atoms with Crippen molar-refractivity contribution >= 4 is 96.4 Å². The van der Waals surface area contributed by atoms with E-state index in [4.69, 9.17) is 69.6 Å². The zero-order valence-electron chi connectivity index (χ0n) is 14.3. The second kappa shape index (κ2) is 10.6. The van der Waals surface area contributed by atoms with Crippen molar-refractivity contribution < 1.29 is 43.1 Å². The van der Waals surface area contributed by atoms with E-state index in [0.717, 1.165) is 19.2 Å². The van der Waals surface area contributed by atoms with Gasteiger partial charge in [0.1, 0.15) is 24.5 Å². The van der Waals surface area contributed by atoms with Crippen molar-refractivity contribution in [2.75, 3.05) is 20.3 Å². The summed E-state index contributed by atoms with van der Waals surface area (Å²) in [6, 6.07) is 2.61. The summed E-state index contributed by atoms with van der Waals surface area (Å²) in [5, 5.41) is 0. The number of methoxy groups -OCH3 is 1. The summed E-state index contributed by atoms with van der Waals surface area (Å²) >= 11 is 32.3. The average molecular weight is 591 g/mol. The Bertz CT molecular complexity index is 968. The molecule has 0 atom stereocenters. The fraction of sp³-hybridized carbons (Fsp3) is 0.417. The molecule has 0 aromatic heterocycles. The van der Waals surface area contributed by atoms with Crippen molar-refractivity contribution in [3.8, 4) is 11.5 Å². The van der Waals surface area contributed by atoms with E-state index >= 15 is 0 Å². The maximum absolute atomic E-state index is 11.9. The predicted molar refractivity (Wildman–Crippen MR) is 109 cm³/mol. The number of halogens is 6. The summed E-state index contributed by atoms with van der Waals surface area (Å²) in [7, 11) is -8.63.